The molecule has 1 aliphatic rings. The summed E-state index contributed by atoms with van der Waals surface area (Å²) in [5.41, 5.74) is 1.36. The number of para-hydroxylation sites is 1. The van der Waals surface area contributed by atoms with E-state index in [1.807, 2.05) is 30.3 Å². The van der Waals surface area contributed by atoms with Crippen LogP contribution < -0.4 is 15.5 Å². The minimum absolute atomic E-state index is 0.124. The Morgan fingerprint density at radius 1 is 1.07 bits per heavy atom. The Morgan fingerprint density at radius 2 is 1.83 bits per heavy atom. The van der Waals surface area contributed by atoms with Crippen LogP contribution in [0.3, 0.4) is 0 Å². The third-order valence-electron chi connectivity index (χ3n) is 4.49. The number of thiazole rings is 1. The Balaban J connectivity index is 1.51. The molecule has 2 N–H and O–H groups in total. The summed E-state index contributed by atoms with van der Waals surface area (Å²) in [6, 6.07) is 9.30. The Hall–Kier alpha value is -2.78. The van der Waals surface area contributed by atoms with Gasteiger partial charge in [-0.3, -0.25) is 10.1 Å². The van der Waals surface area contributed by atoms with Gasteiger partial charge in [0.2, 0.25) is 17.2 Å². The number of hydrogen-bond donors (Lipinski definition) is 2. The van der Waals surface area contributed by atoms with Crippen molar-refractivity contribution in [3.05, 3.63) is 46.2 Å². The number of nitrogens with zero attached hydrogens (tertiary/aromatic N) is 5. The zero-order valence-electron chi connectivity index (χ0n) is 15.9. The lowest BCUT2D eigenvalue weighted by molar-refractivity contribution is 0.103. The standard InChI is InChI=1S/C19H20ClN7OS/c1-12-14(15(28)22-13-8-4-2-5-9-13)29-19(21-12)26-17-23-16(20)24-18(25-17)27-10-6-3-7-11-27/h2,4-5,8-9H,3,6-7,10-11H2,1H3,(H,22,28)(H,21,23,24,25,26). The summed E-state index contributed by atoms with van der Waals surface area (Å²) in [7, 11) is 0. The lowest BCUT2D eigenvalue weighted by Gasteiger charge is -2.26. The maximum Gasteiger partial charge on any atom is 0.267 e. The van der Waals surface area contributed by atoms with Crippen molar-refractivity contribution in [1.82, 2.24) is 19.9 Å². The van der Waals surface area contributed by atoms with E-state index in [-0.39, 0.29) is 11.2 Å². The lowest BCUT2D eigenvalue weighted by Crippen LogP contribution is -2.31. The van der Waals surface area contributed by atoms with Gasteiger partial charge in [0.05, 0.1) is 5.69 Å². The Kier molecular flexibility index (Phi) is 5.86. The third kappa shape index (κ3) is 4.80. The highest BCUT2D eigenvalue weighted by Crippen LogP contribution is 2.27. The van der Waals surface area contributed by atoms with Gasteiger partial charge in [0.1, 0.15) is 4.88 Å². The Bertz CT molecular complexity index is 1010. The van der Waals surface area contributed by atoms with E-state index in [1.165, 1.54) is 17.8 Å². The third-order valence-corrected chi connectivity index (χ3v) is 5.73. The highest BCUT2D eigenvalue weighted by atomic mass is 35.5. The summed E-state index contributed by atoms with van der Waals surface area (Å²) in [4.78, 5) is 32.5. The average molecular weight is 430 g/mol. The number of hydrogen-bond acceptors (Lipinski definition) is 8. The predicted octanol–water partition coefficient (Wildman–Crippen LogP) is 4.28. The summed E-state index contributed by atoms with van der Waals surface area (Å²) >= 11 is 7.34. The number of aryl methyl sites for hydroxylation is 1. The Morgan fingerprint density at radius 3 is 2.59 bits per heavy atom. The maximum atomic E-state index is 12.6. The molecule has 0 saturated carbocycles. The first-order valence-corrected chi connectivity index (χ1v) is 10.6. The molecule has 2 aromatic heterocycles. The number of carbonyl (C=O) groups excluding carboxylic acids is 1. The first-order chi connectivity index (χ1) is 14.1. The second-order valence-electron chi connectivity index (χ2n) is 6.65. The van der Waals surface area contributed by atoms with Crippen LogP contribution in [-0.4, -0.2) is 38.9 Å². The molecule has 4 rings (SSSR count). The van der Waals surface area contributed by atoms with E-state index in [0.717, 1.165) is 31.6 Å². The van der Waals surface area contributed by atoms with E-state index in [4.69, 9.17) is 11.6 Å². The van der Waals surface area contributed by atoms with E-state index >= 15 is 0 Å². The number of rotatable bonds is 5. The van der Waals surface area contributed by atoms with Crippen molar-refractivity contribution in [3.8, 4) is 0 Å². The molecule has 1 saturated heterocycles. The first kappa shape index (κ1) is 19.5. The van der Waals surface area contributed by atoms with Crippen LogP contribution in [0.2, 0.25) is 5.28 Å². The summed E-state index contributed by atoms with van der Waals surface area (Å²) < 4.78 is 0. The van der Waals surface area contributed by atoms with Crippen LogP contribution in [-0.2, 0) is 0 Å². The summed E-state index contributed by atoms with van der Waals surface area (Å²) in [6.45, 7) is 3.60. The molecule has 0 atom stereocenters. The van der Waals surface area contributed by atoms with Gasteiger partial charge in [-0.15, -0.1) is 0 Å². The molecule has 150 valence electrons. The van der Waals surface area contributed by atoms with Crippen LogP contribution in [0.1, 0.15) is 34.6 Å². The average Bonchev–Trinajstić information content (AvgIpc) is 3.09. The topological polar surface area (TPSA) is 95.9 Å². The second-order valence-corrected chi connectivity index (χ2v) is 7.99. The van der Waals surface area contributed by atoms with Crippen molar-refractivity contribution in [2.75, 3.05) is 28.6 Å². The van der Waals surface area contributed by atoms with Crippen molar-refractivity contribution in [2.24, 2.45) is 0 Å². The van der Waals surface area contributed by atoms with Gasteiger partial charge < -0.3 is 10.2 Å². The number of halogens is 1. The normalized spacial score (nSPS) is 13.9. The molecule has 3 aromatic rings. The molecule has 1 aliphatic heterocycles. The molecule has 1 aromatic carbocycles. The quantitative estimate of drug-likeness (QED) is 0.624. The van der Waals surface area contributed by atoms with E-state index in [1.54, 1.807) is 6.92 Å². The largest absolute Gasteiger partial charge is 0.341 e. The molecule has 10 heteroatoms. The van der Waals surface area contributed by atoms with Gasteiger partial charge in [-0.2, -0.15) is 15.0 Å². The van der Waals surface area contributed by atoms with Crippen LogP contribution >= 0.6 is 22.9 Å². The number of piperidine rings is 1. The minimum atomic E-state index is -0.207. The van der Waals surface area contributed by atoms with Crippen LogP contribution in [0.15, 0.2) is 30.3 Å². The molecule has 0 aliphatic carbocycles. The summed E-state index contributed by atoms with van der Waals surface area (Å²) in [6.07, 6.45) is 3.43. The highest BCUT2D eigenvalue weighted by molar-refractivity contribution is 7.17. The molecular formula is C19H20ClN7OS. The summed E-state index contributed by atoms with van der Waals surface area (Å²) in [5, 5.41) is 6.57. The molecule has 0 unspecified atom stereocenters. The molecule has 0 spiro atoms. The molecule has 3 heterocycles. The van der Waals surface area contributed by atoms with Crippen molar-refractivity contribution in [1.29, 1.82) is 0 Å². The Labute approximate surface area is 177 Å². The number of nitrogens with one attached hydrogen (secondary N) is 2. The van der Waals surface area contributed by atoms with E-state index in [9.17, 15) is 4.79 Å². The fraction of sp³-hybridized carbons (Fsp3) is 0.316. The van der Waals surface area contributed by atoms with Crippen molar-refractivity contribution in [2.45, 2.75) is 26.2 Å². The zero-order valence-corrected chi connectivity index (χ0v) is 17.4. The molecular weight excluding hydrogens is 410 g/mol. The van der Waals surface area contributed by atoms with E-state index in [2.05, 4.69) is 35.5 Å². The van der Waals surface area contributed by atoms with Crippen molar-refractivity contribution in [3.63, 3.8) is 0 Å². The monoisotopic (exact) mass is 429 g/mol. The number of anilines is 4. The maximum absolute atomic E-state index is 12.6. The van der Waals surface area contributed by atoms with Crippen LogP contribution in [0.4, 0.5) is 22.7 Å². The summed E-state index contributed by atoms with van der Waals surface area (Å²) in [5.74, 6) is 0.666. The van der Waals surface area contributed by atoms with E-state index < -0.39 is 0 Å². The van der Waals surface area contributed by atoms with Crippen molar-refractivity contribution >= 4 is 51.6 Å². The van der Waals surface area contributed by atoms with Gasteiger partial charge in [0, 0.05) is 18.8 Å². The van der Waals surface area contributed by atoms with Crippen LogP contribution in [0, 0.1) is 6.92 Å². The minimum Gasteiger partial charge on any atom is -0.341 e. The molecule has 29 heavy (non-hydrogen) atoms. The smallest absolute Gasteiger partial charge is 0.267 e. The lowest BCUT2D eigenvalue weighted by atomic mass is 10.1. The molecule has 0 radical (unpaired) electrons. The van der Waals surface area contributed by atoms with Gasteiger partial charge in [-0.05, 0) is 49.9 Å². The zero-order chi connectivity index (χ0) is 20.2. The number of carbonyl (C=O) groups is 1. The SMILES string of the molecule is Cc1nc(Nc2nc(Cl)nc(N3CCCCC3)n2)sc1C(=O)Nc1ccccc1. The van der Waals surface area contributed by atoms with Crippen LogP contribution in [0.5, 0.6) is 0 Å². The van der Waals surface area contributed by atoms with Gasteiger partial charge in [-0.25, -0.2) is 4.98 Å². The fourth-order valence-electron chi connectivity index (χ4n) is 3.10. The number of benzene rings is 1. The molecule has 8 nitrogen and oxygen atoms in total. The van der Waals surface area contributed by atoms with Gasteiger partial charge in [-0.1, -0.05) is 29.5 Å². The predicted molar refractivity (Wildman–Crippen MR) is 115 cm³/mol. The second kappa shape index (κ2) is 8.71. The van der Waals surface area contributed by atoms with Crippen LogP contribution in [0.25, 0.3) is 0 Å². The number of aromatic nitrogens is 4. The van der Waals surface area contributed by atoms with E-state index in [0.29, 0.717) is 27.6 Å². The molecule has 1 amide bonds. The van der Waals surface area contributed by atoms with Gasteiger partial charge in [0.25, 0.3) is 5.91 Å². The van der Waals surface area contributed by atoms with Gasteiger partial charge >= 0.3 is 0 Å². The molecule has 1 fully saturated rings. The fourth-order valence-corrected chi connectivity index (χ4v) is 4.11. The van der Waals surface area contributed by atoms with Crippen molar-refractivity contribution < 1.29 is 4.79 Å². The number of amides is 1. The first-order valence-electron chi connectivity index (χ1n) is 9.36. The highest BCUT2D eigenvalue weighted by Gasteiger charge is 2.19. The molecule has 0 bridgehead atoms. The van der Waals surface area contributed by atoms with Gasteiger partial charge in [0.15, 0.2) is 5.13 Å².